The van der Waals surface area contributed by atoms with Gasteiger partial charge in [0.1, 0.15) is 6.10 Å². The first-order valence-corrected chi connectivity index (χ1v) is 13.2. The summed E-state index contributed by atoms with van der Waals surface area (Å²) in [5, 5.41) is 15.2. The molecule has 4 aromatic rings. The zero-order chi connectivity index (χ0) is 28.4. The minimum Gasteiger partial charge on any atom is -0.487 e. The molecule has 1 fully saturated rings. The molecule has 3 aromatic carbocycles. The number of carboxylic acid groups (broad SMARTS) is 1. The number of benzene rings is 3. The number of nitrogens with zero attached hydrogens (tertiary/aromatic N) is 3. The second-order valence-corrected chi connectivity index (χ2v) is 10.1. The van der Waals surface area contributed by atoms with Crippen LogP contribution in [0.2, 0.25) is 10.0 Å². The Labute approximate surface area is 238 Å². The second kappa shape index (κ2) is 11.7. The van der Waals surface area contributed by atoms with Crippen LogP contribution in [0.4, 0.5) is 8.78 Å². The number of likely N-dealkylation sites (tertiary alicyclic amines) is 1. The lowest BCUT2D eigenvalue weighted by atomic mass is 10.0. The molecule has 1 N–H and O–H groups in total. The molecular weight excluding hydrogens is 563 g/mol. The van der Waals surface area contributed by atoms with Crippen LogP contribution in [0.25, 0.3) is 16.9 Å². The van der Waals surface area contributed by atoms with Gasteiger partial charge in [0.2, 0.25) is 5.82 Å². The third-order valence-corrected chi connectivity index (χ3v) is 7.22. The molecule has 1 aromatic heterocycles. The van der Waals surface area contributed by atoms with E-state index in [0.717, 1.165) is 6.07 Å². The molecular formula is C29H23Cl2F2N3O4. The third-order valence-electron chi connectivity index (χ3n) is 6.65. The van der Waals surface area contributed by atoms with Crippen molar-refractivity contribution in [3.05, 3.63) is 99.7 Å². The van der Waals surface area contributed by atoms with Gasteiger partial charge in [0.25, 0.3) is 5.91 Å². The summed E-state index contributed by atoms with van der Waals surface area (Å²) < 4.78 is 34.8. The average Bonchev–Trinajstić information content (AvgIpc) is 3.30. The number of carbonyl (C=O) groups excluding carboxylic acids is 1. The lowest BCUT2D eigenvalue weighted by molar-refractivity contribution is -0.136. The standard InChI is InChI=1S/C29H23Cl2F2N3O4/c30-18-10-8-17(9-11-18)28-20(16-25(37)38)27(34-36(28)23-6-2-1-4-21(23)31)29(39)35-14-12-19(13-15-35)40-24-7-3-5-22(32)26(24)33/h1-11,19H,12-16H2,(H,37,38). The molecule has 1 amide bonds. The van der Waals surface area contributed by atoms with Gasteiger partial charge in [-0.2, -0.15) is 9.49 Å². The van der Waals surface area contributed by atoms with E-state index >= 15 is 0 Å². The number of piperidine rings is 1. The van der Waals surface area contributed by atoms with Crippen LogP contribution in [-0.2, 0) is 11.2 Å². The van der Waals surface area contributed by atoms with E-state index < -0.39 is 36.0 Å². The van der Waals surface area contributed by atoms with Crippen molar-refractivity contribution >= 4 is 35.1 Å². The summed E-state index contributed by atoms with van der Waals surface area (Å²) in [6, 6.07) is 17.4. The molecule has 7 nitrogen and oxygen atoms in total. The van der Waals surface area contributed by atoms with Gasteiger partial charge in [0.15, 0.2) is 17.3 Å². The molecule has 0 atom stereocenters. The number of ether oxygens (including phenoxy) is 1. The van der Waals surface area contributed by atoms with Gasteiger partial charge in [-0.05, 0) is 36.4 Å². The number of hydrogen-bond acceptors (Lipinski definition) is 4. The highest BCUT2D eigenvalue weighted by atomic mass is 35.5. The Hall–Kier alpha value is -3.95. The van der Waals surface area contributed by atoms with Crippen molar-refractivity contribution in [2.24, 2.45) is 0 Å². The molecule has 1 saturated heterocycles. The van der Waals surface area contributed by atoms with Crippen LogP contribution in [0.1, 0.15) is 28.9 Å². The zero-order valence-electron chi connectivity index (χ0n) is 21.0. The molecule has 0 aliphatic carbocycles. The largest absolute Gasteiger partial charge is 0.487 e. The Morgan fingerprint density at radius 3 is 2.35 bits per heavy atom. The van der Waals surface area contributed by atoms with E-state index in [2.05, 4.69) is 5.10 Å². The second-order valence-electron chi connectivity index (χ2n) is 9.28. The summed E-state index contributed by atoms with van der Waals surface area (Å²) in [5.41, 5.74) is 1.72. The highest BCUT2D eigenvalue weighted by Gasteiger charge is 2.32. The van der Waals surface area contributed by atoms with Gasteiger partial charge >= 0.3 is 5.97 Å². The van der Waals surface area contributed by atoms with Crippen LogP contribution in [0.3, 0.4) is 0 Å². The van der Waals surface area contributed by atoms with Crippen LogP contribution in [0.15, 0.2) is 66.7 Å². The molecule has 1 aliphatic rings. The number of carboxylic acids is 1. The summed E-state index contributed by atoms with van der Waals surface area (Å²) in [5.74, 6) is -3.82. The minimum absolute atomic E-state index is 0.0113. The SMILES string of the molecule is O=C(O)Cc1c(C(=O)N2CCC(Oc3cccc(F)c3F)CC2)nn(-c2ccccc2Cl)c1-c1ccc(Cl)cc1. The molecule has 40 heavy (non-hydrogen) atoms. The van der Waals surface area contributed by atoms with Crippen molar-refractivity contribution in [2.75, 3.05) is 13.1 Å². The van der Waals surface area contributed by atoms with E-state index in [-0.39, 0.29) is 30.1 Å². The van der Waals surface area contributed by atoms with E-state index in [4.69, 9.17) is 27.9 Å². The van der Waals surface area contributed by atoms with Crippen LogP contribution in [0.5, 0.6) is 5.75 Å². The Morgan fingerprint density at radius 1 is 0.975 bits per heavy atom. The topological polar surface area (TPSA) is 84.7 Å². The van der Waals surface area contributed by atoms with E-state index in [1.165, 1.54) is 16.8 Å². The lowest BCUT2D eigenvalue weighted by Crippen LogP contribution is -2.42. The van der Waals surface area contributed by atoms with Crippen LogP contribution >= 0.6 is 23.2 Å². The first-order chi connectivity index (χ1) is 19.2. The predicted octanol–water partition coefficient (Wildman–Crippen LogP) is 6.44. The Morgan fingerprint density at radius 2 is 1.68 bits per heavy atom. The first kappa shape index (κ1) is 27.6. The van der Waals surface area contributed by atoms with E-state index in [1.54, 1.807) is 53.4 Å². The van der Waals surface area contributed by atoms with Gasteiger partial charge in [-0.3, -0.25) is 9.59 Å². The average molecular weight is 586 g/mol. The summed E-state index contributed by atoms with van der Waals surface area (Å²) in [6.45, 7) is 0.504. The number of amides is 1. The minimum atomic E-state index is -1.13. The van der Waals surface area contributed by atoms with Gasteiger partial charge in [0.05, 0.1) is 22.8 Å². The maximum atomic E-state index is 14.1. The quantitative estimate of drug-likeness (QED) is 0.270. The van der Waals surface area contributed by atoms with E-state index in [9.17, 15) is 23.5 Å². The number of aliphatic carboxylic acids is 1. The monoisotopic (exact) mass is 585 g/mol. The molecule has 11 heteroatoms. The Balaban J connectivity index is 1.48. The van der Waals surface area contributed by atoms with Gasteiger partial charge in [0, 0.05) is 42.1 Å². The summed E-state index contributed by atoms with van der Waals surface area (Å²) in [4.78, 5) is 27.3. The fourth-order valence-corrected chi connectivity index (χ4v) is 5.07. The number of rotatable bonds is 7. The summed E-state index contributed by atoms with van der Waals surface area (Å²) >= 11 is 12.6. The van der Waals surface area contributed by atoms with Crippen molar-refractivity contribution in [1.29, 1.82) is 0 Å². The molecule has 206 valence electrons. The maximum Gasteiger partial charge on any atom is 0.307 e. The predicted molar refractivity (Wildman–Crippen MR) is 146 cm³/mol. The number of carbonyl (C=O) groups is 2. The zero-order valence-corrected chi connectivity index (χ0v) is 22.5. The smallest absolute Gasteiger partial charge is 0.307 e. The summed E-state index contributed by atoms with van der Waals surface area (Å²) in [6.07, 6.45) is -0.151. The molecule has 0 saturated carbocycles. The van der Waals surface area contributed by atoms with Gasteiger partial charge in [-0.1, -0.05) is 53.5 Å². The molecule has 1 aliphatic heterocycles. The molecule has 0 bridgehead atoms. The number of para-hydroxylation sites is 1. The number of hydrogen-bond donors (Lipinski definition) is 1. The molecule has 2 heterocycles. The van der Waals surface area contributed by atoms with Crippen LogP contribution in [0, 0.1) is 11.6 Å². The highest BCUT2D eigenvalue weighted by Crippen LogP contribution is 2.34. The Kier molecular flexibility index (Phi) is 8.04. The maximum absolute atomic E-state index is 14.1. The lowest BCUT2D eigenvalue weighted by Gasteiger charge is -2.32. The molecule has 0 spiro atoms. The van der Waals surface area contributed by atoms with E-state index in [1.807, 2.05) is 0 Å². The van der Waals surface area contributed by atoms with Crippen molar-refractivity contribution in [2.45, 2.75) is 25.4 Å². The normalized spacial score (nSPS) is 13.8. The molecule has 0 radical (unpaired) electrons. The van der Waals surface area contributed by atoms with Crippen molar-refractivity contribution < 1.29 is 28.2 Å². The van der Waals surface area contributed by atoms with Gasteiger partial charge in [-0.25, -0.2) is 9.07 Å². The summed E-state index contributed by atoms with van der Waals surface area (Å²) in [7, 11) is 0. The van der Waals surface area contributed by atoms with E-state index in [0.29, 0.717) is 39.8 Å². The first-order valence-electron chi connectivity index (χ1n) is 12.5. The molecule has 0 unspecified atom stereocenters. The number of halogens is 4. The number of aromatic nitrogens is 2. The van der Waals surface area contributed by atoms with Crippen molar-refractivity contribution in [3.8, 4) is 22.7 Å². The van der Waals surface area contributed by atoms with Crippen molar-refractivity contribution in [3.63, 3.8) is 0 Å². The van der Waals surface area contributed by atoms with Gasteiger partial charge < -0.3 is 14.7 Å². The highest BCUT2D eigenvalue weighted by molar-refractivity contribution is 6.32. The third kappa shape index (κ3) is 5.66. The van der Waals surface area contributed by atoms with Crippen LogP contribution in [-0.4, -0.2) is 50.9 Å². The van der Waals surface area contributed by atoms with Crippen LogP contribution < -0.4 is 4.74 Å². The fourth-order valence-electron chi connectivity index (χ4n) is 4.72. The van der Waals surface area contributed by atoms with Gasteiger partial charge in [-0.15, -0.1) is 0 Å². The van der Waals surface area contributed by atoms with Crippen molar-refractivity contribution in [1.82, 2.24) is 14.7 Å². The molecule has 5 rings (SSSR count). The Bertz CT molecular complexity index is 1570. The fraction of sp³-hybridized carbons (Fsp3) is 0.207.